The fraction of sp³-hybridized carbons (Fsp3) is 0.212. The predicted octanol–water partition coefficient (Wildman–Crippen LogP) is 8.87. The fourth-order valence-electron chi connectivity index (χ4n) is 4.82. The molecule has 0 atom stereocenters. The van der Waals surface area contributed by atoms with Crippen LogP contribution in [0.25, 0.3) is 21.6 Å². The Morgan fingerprint density at radius 1 is 0.860 bits per heavy atom. The molecule has 0 saturated heterocycles. The first-order valence-electron chi connectivity index (χ1n) is 13.7. The zero-order chi connectivity index (χ0) is 30.0. The highest BCUT2D eigenvalue weighted by Gasteiger charge is 2.54. The Labute approximate surface area is 274 Å². The maximum Gasteiger partial charge on any atom is 0.274 e. The van der Waals surface area contributed by atoms with Gasteiger partial charge in [-0.05, 0) is 88.4 Å². The third-order valence-electron chi connectivity index (χ3n) is 7.67. The van der Waals surface area contributed by atoms with Crippen LogP contribution in [-0.4, -0.2) is 26.0 Å². The van der Waals surface area contributed by atoms with Crippen molar-refractivity contribution >= 4 is 64.9 Å². The minimum absolute atomic E-state index is 0.274. The van der Waals surface area contributed by atoms with E-state index in [1.54, 1.807) is 0 Å². The maximum absolute atomic E-state index is 9.32. The molecule has 0 bridgehead atoms. The molecule has 0 spiro atoms. The Kier molecular flexibility index (Phi) is 8.28. The van der Waals surface area contributed by atoms with E-state index < -0.39 is 0 Å². The topological polar surface area (TPSA) is 84.1 Å². The lowest BCUT2D eigenvalue weighted by molar-refractivity contribution is 0.809. The molecule has 43 heavy (non-hydrogen) atoms. The summed E-state index contributed by atoms with van der Waals surface area (Å²) in [6.45, 7) is 7.89. The van der Waals surface area contributed by atoms with Gasteiger partial charge in [-0.2, -0.15) is 10.4 Å². The summed E-state index contributed by atoms with van der Waals surface area (Å²) in [5, 5.41) is 14.8. The first kappa shape index (κ1) is 29.4. The van der Waals surface area contributed by atoms with Crippen LogP contribution in [-0.2, 0) is 17.5 Å². The van der Waals surface area contributed by atoms with E-state index in [0.29, 0.717) is 0 Å². The highest BCUT2D eigenvalue weighted by atomic mass is 79.9. The third kappa shape index (κ3) is 6.33. The molecule has 7 nitrogen and oxygen atoms in total. The van der Waals surface area contributed by atoms with Crippen LogP contribution in [0.1, 0.15) is 48.2 Å². The first-order chi connectivity index (χ1) is 20.8. The van der Waals surface area contributed by atoms with Crippen molar-refractivity contribution < 1.29 is 0 Å². The van der Waals surface area contributed by atoms with E-state index in [1.807, 2.05) is 77.8 Å². The van der Waals surface area contributed by atoms with Gasteiger partial charge < -0.3 is 4.85 Å². The van der Waals surface area contributed by atoms with Crippen LogP contribution in [0.3, 0.4) is 0 Å². The van der Waals surface area contributed by atoms with Crippen LogP contribution in [0.4, 0.5) is 0 Å². The SMILES string of the molecule is Brc1ccc2c(c1)CN=C2.N#CC1(c2cccc(-n3ncc4ccc(Br)cc43)n2)CC1.[C-]#[N+]C1(c2cccc(Br)n2)CC1. The van der Waals surface area contributed by atoms with Crippen molar-refractivity contribution in [2.24, 2.45) is 4.99 Å². The molecule has 5 aromatic rings. The molecule has 212 valence electrons. The minimum atomic E-state index is -0.375. The summed E-state index contributed by atoms with van der Waals surface area (Å²) in [6, 6.07) is 26.2. The smallest absolute Gasteiger partial charge is 0.274 e. The first-order valence-corrected chi connectivity index (χ1v) is 16.1. The van der Waals surface area contributed by atoms with Gasteiger partial charge in [0.2, 0.25) is 0 Å². The average molecular weight is 758 g/mol. The third-order valence-corrected chi connectivity index (χ3v) is 9.09. The second kappa shape index (κ2) is 12.1. The standard InChI is InChI=1S/C16H11BrN4.C9H7BrN2.C8H6BrN/c17-12-5-4-11-9-19-21(13(11)8-12)15-3-1-2-14(20-15)16(10-18)6-7-16;1-11-9(5-6-9)7-3-2-4-8(10)12-7;9-8-2-1-6-4-10-5-7(6)3-8/h1-5,8-9H,6-7H2;2-4H,5-6H2;1-4H,5H2. The Morgan fingerprint density at radius 3 is 2.33 bits per heavy atom. The largest absolute Gasteiger partial charge is 0.303 e. The molecule has 0 N–H and O–H groups in total. The Balaban J connectivity index is 0.000000126. The molecule has 10 heteroatoms. The van der Waals surface area contributed by atoms with Crippen LogP contribution in [0, 0.1) is 17.9 Å². The van der Waals surface area contributed by atoms with Gasteiger partial charge in [-0.15, -0.1) is 0 Å². The summed E-state index contributed by atoms with van der Waals surface area (Å²) < 4.78 is 4.77. The molecule has 2 fully saturated rings. The summed E-state index contributed by atoms with van der Waals surface area (Å²) in [6.07, 6.45) is 7.45. The maximum atomic E-state index is 9.32. The number of halogens is 3. The average Bonchev–Trinajstić information content (AvgIpc) is 3.92. The number of aliphatic imine (C=N–C) groups is 1. The number of nitriles is 1. The molecule has 0 amide bonds. The van der Waals surface area contributed by atoms with Crippen LogP contribution in [0.5, 0.6) is 0 Å². The van der Waals surface area contributed by atoms with Crippen LogP contribution in [0.2, 0.25) is 0 Å². The zero-order valence-corrected chi connectivity index (χ0v) is 27.6. The van der Waals surface area contributed by atoms with E-state index in [1.165, 1.54) is 11.1 Å². The molecular weight excluding hydrogens is 734 g/mol. The number of benzene rings is 2. The Bertz CT molecular complexity index is 1940. The molecule has 0 unspecified atom stereocenters. The normalized spacial score (nSPS) is 16.0. The quantitative estimate of drug-likeness (QED) is 0.136. The lowest BCUT2D eigenvalue weighted by atomic mass is 10.0. The van der Waals surface area contributed by atoms with E-state index in [0.717, 1.165) is 73.9 Å². The van der Waals surface area contributed by atoms with Crippen molar-refractivity contribution in [3.8, 4) is 11.9 Å². The van der Waals surface area contributed by atoms with Crippen molar-refractivity contribution in [2.75, 3.05) is 0 Å². The van der Waals surface area contributed by atoms with Gasteiger partial charge in [0.15, 0.2) is 5.82 Å². The Hall–Kier alpha value is -3.70. The van der Waals surface area contributed by atoms with Gasteiger partial charge >= 0.3 is 0 Å². The number of pyridine rings is 2. The molecule has 2 saturated carbocycles. The van der Waals surface area contributed by atoms with E-state index >= 15 is 0 Å². The lowest BCUT2D eigenvalue weighted by Crippen LogP contribution is -2.09. The van der Waals surface area contributed by atoms with Crippen molar-refractivity contribution in [1.82, 2.24) is 19.7 Å². The van der Waals surface area contributed by atoms with Crippen molar-refractivity contribution in [2.45, 2.75) is 43.2 Å². The molecule has 4 heterocycles. The summed E-state index contributed by atoms with van der Waals surface area (Å²) in [7, 11) is 0. The number of hydrogen-bond acceptors (Lipinski definition) is 5. The highest BCUT2D eigenvalue weighted by Crippen LogP contribution is 2.49. The van der Waals surface area contributed by atoms with Crippen molar-refractivity contribution in [3.05, 3.63) is 126 Å². The van der Waals surface area contributed by atoms with Gasteiger partial charge in [0.25, 0.3) is 5.54 Å². The van der Waals surface area contributed by atoms with Gasteiger partial charge in [-0.3, -0.25) is 4.99 Å². The number of rotatable bonds is 3. The summed E-state index contributed by atoms with van der Waals surface area (Å²) in [5.74, 6) is 0.752. The molecule has 3 aliphatic rings. The van der Waals surface area contributed by atoms with E-state index in [9.17, 15) is 5.26 Å². The van der Waals surface area contributed by atoms with Crippen LogP contribution < -0.4 is 0 Å². The second-order valence-electron chi connectivity index (χ2n) is 10.6. The molecule has 1 aliphatic heterocycles. The predicted molar refractivity (Wildman–Crippen MR) is 178 cm³/mol. The van der Waals surface area contributed by atoms with Crippen molar-refractivity contribution in [1.29, 1.82) is 5.26 Å². The van der Waals surface area contributed by atoms with Gasteiger partial charge in [-0.25, -0.2) is 21.2 Å². The molecule has 2 aromatic carbocycles. The summed E-state index contributed by atoms with van der Waals surface area (Å²) in [4.78, 5) is 16.7. The number of fused-ring (bicyclic) bond motifs is 2. The van der Waals surface area contributed by atoms with E-state index in [2.05, 4.69) is 90.9 Å². The van der Waals surface area contributed by atoms with Crippen molar-refractivity contribution in [3.63, 3.8) is 0 Å². The van der Waals surface area contributed by atoms with Gasteiger partial charge in [0.05, 0.1) is 35.4 Å². The molecule has 3 aromatic heterocycles. The highest BCUT2D eigenvalue weighted by molar-refractivity contribution is 9.11. The zero-order valence-electron chi connectivity index (χ0n) is 22.9. The van der Waals surface area contributed by atoms with E-state index in [-0.39, 0.29) is 11.0 Å². The summed E-state index contributed by atoms with van der Waals surface area (Å²) in [5.41, 5.74) is 4.67. The number of nitrogens with zero attached hydrogens (tertiary/aromatic N) is 7. The molecule has 2 aliphatic carbocycles. The van der Waals surface area contributed by atoms with Gasteiger partial charge in [0, 0.05) is 33.4 Å². The number of aromatic nitrogens is 4. The summed E-state index contributed by atoms with van der Waals surface area (Å²) >= 11 is 10.2. The van der Waals surface area contributed by atoms with Crippen LogP contribution >= 0.6 is 47.8 Å². The number of hydrogen-bond donors (Lipinski definition) is 0. The second-order valence-corrected chi connectivity index (χ2v) is 13.3. The monoisotopic (exact) mass is 755 g/mol. The van der Waals surface area contributed by atoms with E-state index in [4.69, 9.17) is 6.57 Å². The van der Waals surface area contributed by atoms with Gasteiger partial charge in [-0.1, -0.05) is 56.1 Å². The molecule has 0 radical (unpaired) electrons. The molecular formula is C33H24Br3N7. The fourth-order valence-corrected chi connectivity index (χ4v) is 5.92. The van der Waals surface area contributed by atoms with Gasteiger partial charge in [0.1, 0.15) is 10.3 Å². The lowest BCUT2D eigenvalue weighted by Gasteiger charge is -2.08. The van der Waals surface area contributed by atoms with Crippen LogP contribution in [0.15, 0.2) is 97.5 Å². The molecule has 8 rings (SSSR count). The Morgan fingerprint density at radius 2 is 1.60 bits per heavy atom. The minimum Gasteiger partial charge on any atom is -0.303 e.